The lowest BCUT2D eigenvalue weighted by Gasteiger charge is -2.18. The van der Waals surface area contributed by atoms with E-state index in [0.717, 1.165) is 5.56 Å². The van der Waals surface area contributed by atoms with Crippen molar-refractivity contribution in [1.29, 1.82) is 0 Å². The normalized spacial score (nSPS) is 10.1. The molecule has 0 aliphatic rings. The van der Waals surface area contributed by atoms with Crippen molar-refractivity contribution in [1.82, 2.24) is 4.90 Å². The molecule has 0 aliphatic heterocycles. The van der Waals surface area contributed by atoms with E-state index in [1.54, 1.807) is 19.1 Å². The predicted octanol–water partition coefficient (Wildman–Crippen LogP) is 1.69. The Balaban J connectivity index is 2.49. The Morgan fingerprint density at radius 1 is 1.28 bits per heavy atom. The number of carboxylic acid groups (broad SMARTS) is 1. The first-order valence-corrected chi connectivity index (χ1v) is 5.77. The van der Waals surface area contributed by atoms with E-state index in [2.05, 4.69) is 0 Å². The Bertz CT molecular complexity index is 417. The Kier molecular flexibility index (Phi) is 5.30. The number of halogens is 1. The van der Waals surface area contributed by atoms with E-state index in [1.807, 2.05) is 0 Å². The quantitative estimate of drug-likeness (QED) is 0.839. The topological polar surface area (TPSA) is 57.6 Å². The number of rotatable bonds is 6. The largest absolute Gasteiger partial charge is 0.480 e. The number of hydrogen-bond acceptors (Lipinski definition) is 2. The smallest absolute Gasteiger partial charge is 0.323 e. The highest BCUT2D eigenvalue weighted by Gasteiger charge is 2.14. The molecular formula is C13H16FNO3. The number of likely N-dealkylation sites (N-methyl/N-ethyl adjacent to an activating group) is 1. The molecule has 0 bridgehead atoms. The molecule has 0 aliphatic carbocycles. The Morgan fingerprint density at radius 3 is 2.39 bits per heavy atom. The molecule has 0 spiro atoms. The van der Waals surface area contributed by atoms with E-state index in [4.69, 9.17) is 5.11 Å². The van der Waals surface area contributed by atoms with E-state index in [1.165, 1.54) is 17.0 Å². The van der Waals surface area contributed by atoms with Gasteiger partial charge in [-0.2, -0.15) is 0 Å². The molecule has 1 amide bonds. The van der Waals surface area contributed by atoms with Gasteiger partial charge in [0.1, 0.15) is 12.4 Å². The van der Waals surface area contributed by atoms with Crippen molar-refractivity contribution in [2.24, 2.45) is 0 Å². The summed E-state index contributed by atoms with van der Waals surface area (Å²) in [5.41, 5.74) is 0.858. The van der Waals surface area contributed by atoms with E-state index in [-0.39, 0.29) is 24.7 Å². The zero-order valence-corrected chi connectivity index (χ0v) is 10.2. The third-order valence-electron chi connectivity index (χ3n) is 2.60. The summed E-state index contributed by atoms with van der Waals surface area (Å²) in [5, 5.41) is 8.64. The van der Waals surface area contributed by atoms with E-state index < -0.39 is 5.97 Å². The molecule has 5 heteroatoms. The zero-order chi connectivity index (χ0) is 13.5. The molecule has 1 aromatic rings. The van der Waals surface area contributed by atoms with Crippen LogP contribution in [0.5, 0.6) is 0 Å². The number of nitrogens with zero attached hydrogens (tertiary/aromatic N) is 1. The molecule has 98 valence electrons. The molecule has 0 saturated heterocycles. The highest BCUT2D eigenvalue weighted by Crippen LogP contribution is 2.07. The summed E-state index contributed by atoms with van der Waals surface area (Å²) in [4.78, 5) is 23.6. The molecule has 18 heavy (non-hydrogen) atoms. The van der Waals surface area contributed by atoms with Gasteiger partial charge in [-0.05, 0) is 31.0 Å². The van der Waals surface area contributed by atoms with Crippen LogP contribution < -0.4 is 0 Å². The maximum atomic E-state index is 12.7. The van der Waals surface area contributed by atoms with Crippen molar-refractivity contribution in [2.75, 3.05) is 13.1 Å². The standard InChI is InChI=1S/C13H16FNO3/c1-2-15(9-13(17)18)12(16)8-5-10-3-6-11(14)7-4-10/h3-4,6-7H,2,5,8-9H2,1H3,(H,17,18). The van der Waals surface area contributed by atoms with Gasteiger partial charge in [0.25, 0.3) is 0 Å². The second-order valence-corrected chi connectivity index (χ2v) is 3.93. The van der Waals surface area contributed by atoms with Crippen molar-refractivity contribution in [3.05, 3.63) is 35.6 Å². The van der Waals surface area contributed by atoms with Crippen LogP contribution in [0.15, 0.2) is 24.3 Å². The van der Waals surface area contributed by atoms with E-state index in [0.29, 0.717) is 13.0 Å². The molecule has 0 fully saturated rings. The molecule has 0 unspecified atom stereocenters. The van der Waals surface area contributed by atoms with Crippen LogP contribution in [-0.4, -0.2) is 35.0 Å². The molecule has 1 N–H and O–H groups in total. The summed E-state index contributed by atoms with van der Waals surface area (Å²) in [6.45, 7) is 1.83. The first-order chi connectivity index (χ1) is 8.52. The predicted molar refractivity (Wildman–Crippen MR) is 64.6 cm³/mol. The Morgan fingerprint density at radius 2 is 1.89 bits per heavy atom. The summed E-state index contributed by atoms with van der Waals surface area (Å²) in [7, 11) is 0. The number of amides is 1. The maximum absolute atomic E-state index is 12.7. The number of aliphatic carboxylic acids is 1. The van der Waals surface area contributed by atoms with Gasteiger partial charge in [0.05, 0.1) is 0 Å². The molecule has 0 atom stereocenters. The summed E-state index contributed by atoms with van der Waals surface area (Å²) < 4.78 is 12.7. The molecule has 0 aromatic heterocycles. The molecule has 0 heterocycles. The molecule has 0 saturated carbocycles. The van der Waals surface area contributed by atoms with Gasteiger partial charge in [0, 0.05) is 13.0 Å². The minimum absolute atomic E-state index is 0.204. The van der Waals surface area contributed by atoms with Crippen LogP contribution in [0, 0.1) is 5.82 Å². The number of aryl methyl sites for hydroxylation is 1. The van der Waals surface area contributed by atoms with Crippen LogP contribution in [0.2, 0.25) is 0 Å². The fourth-order valence-corrected chi connectivity index (χ4v) is 1.60. The number of benzene rings is 1. The van der Waals surface area contributed by atoms with Crippen LogP contribution >= 0.6 is 0 Å². The average molecular weight is 253 g/mol. The van der Waals surface area contributed by atoms with Gasteiger partial charge < -0.3 is 10.0 Å². The SMILES string of the molecule is CCN(CC(=O)O)C(=O)CCc1ccc(F)cc1. The first-order valence-electron chi connectivity index (χ1n) is 5.77. The number of hydrogen-bond donors (Lipinski definition) is 1. The number of carbonyl (C=O) groups is 2. The highest BCUT2D eigenvalue weighted by molar-refractivity contribution is 5.81. The van der Waals surface area contributed by atoms with Gasteiger partial charge >= 0.3 is 5.97 Å². The molecule has 0 radical (unpaired) electrons. The lowest BCUT2D eigenvalue weighted by molar-refractivity contribution is -0.144. The van der Waals surface area contributed by atoms with E-state index >= 15 is 0 Å². The fourth-order valence-electron chi connectivity index (χ4n) is 1.60. The second kappa shape index (κ2) is 6.74. The summed E-state index contributed by atoms with van der Waals surface area (Å²) >= 11 is 0. The van der Waals surface area contributed by atoms with Gasteiger partial charge in [-0.3, -0.25) is 9.59 Å². The minimum Gasteiger partial charge on any atom is -0.480 e. The molecular weight excluding hydrogens is 237 g/mol. The maximum Gasteiger partial charge on any atom is 0.323 e. The lowest BCUT2D eigenvalue weighted by atomic mass is 10.1. The van der Waals surface area contributed by atoms with Crippen LogP contribution in [0.3, 0.4) is 0 Å². The van der Waals surface area contributed by atoms with Crippen LogP contribution in [0.4, 0.5) is 4.39 Å². The number of carbonyl (C=O) groups excluding carboxylic acids is 1. The van der Waals surface area contributed by atoms with E-state index in [9.17, 15) is 14.0 Å². The lowest BCUT2D eigenvalue weighted by Crippen LogP contribution is -2.35. The van der Waals surface area contributed by atoms with Gasteiger partial charge in [-0.15, -0.1) is 0 Å². The van der Waals surface area contributed by atoms with Crippen molar-refractivity contribution in [3.8, 4) is 0 Å². The Labute approximate surface area is 105 Å². The van der Waals surface area contributed by atoms with Crippen molar-refractivity contribution < 1.29 is 19.1 Å². The van der Waals surface area contributed by atoms with Gasteiger partial charge in [0.15, 0.2) is 0 Å². The van der Waals surface area contributed by atoms with Gasteiger partial charge in [-0.25, -0.2) is 4.39 Å². The van der Waals surface area contributed by atoms with Gasteiger partial charge in [0.2, 0.25) is 5.91 Å². The summed E-state index contributed by atoms with van der Waals surface area (Å²) in [6.07, 6.45) is 0.710. The van der Waals surface area contributed by atoms with Crippen molar-refractivity contribution in [3.63, 3.8) is 0 Å². The summed E-state index contributed by atoms with van der Waals surface area (Å²) in [5.74, 6) is -1.54. The highest BCUT2D eigenvalue weighted by atomic mass is 19.1. The third-order valence-corrected chi connectivity index (χ3v) is 2.60. The van der Waals surface area contributed by atoms with Crippen molar-refractivity contribution >= 4 is 11.9 Å². The molecule has 4 nitrogen and oxygen atoms in total. The molecule has 1 aromatic carbocycles. The van der Waals surface area contributed by atoms with Crippen LogP contribution in [0.25, 0.3) is 0 Å². The van der Waals surface area contributed by atoms with Gasteiger partial charge in [-0.1, -0.05) is 12.1 Å². The number of carboxylic acids is 1. The first kappa shape index (κ1) is 14.2. The monoisotopic (exact) mass is 253 g/mol. The van der Waals surface area contributed by atoms with Crippen LogP contribution in [-0.2, 0) is 16.0 Å². The third kappa shape index (κ3) is 4.53. The van der Waals surface area contributed by atoms with Crippen LogP contribution in [0.1, 0.15) is 18.9 Å². The Hall–Kier alpha value is -1.91. The minimum atomic E-state index is -1.02. The fraction of sp³-hybridized carbons (Fsp3) is 0.385. The summed E-state index contributed by atoms with van der Waals surface area (Å²) in [6, 6.07) is 5.93. The molecule has 1 rings (SSSR count). The average Bonchev–Trinajstić information content (AvgIpc) is 2.34. The van der Waals surface area contributed by atoms with Crippen molar-refractivity contribution in [2.45, 2.75) is 19.8 Å². The zero-order valence-electron chi connectivity index (χ0n) is 10.2. The second-order valence-electron chi connectivity index (χ2n) is 3.93.